The van der Waals surface area contributed by atoms with Gasteiger partial charge < -0.3 is 42.1 Å². The first-order chi connectivity index (χ1) is 13.8. The molecular formula is C16H26N4O10. The smallest absolute Gasteiger partial charge is 0.328 e. The van der Waals surface area contributed by atoms with Gasteiger partial charge in [-0.1, -0.05) is 0 Å². The van der Waals surface area contributed by atoms with Gasteiger partial charge in [-0.25, -0.2) is 4.79 Å². The second kappa shape index (κ2) is 12.3. The van der Waals surface area contributed by atoms with Gasteiger partial charge in [0.1, 0.15) is 12.1 Å². The van der Waals surface area contributed by atoms with Crippen LogP contribution in [0.2, 0.25) is 0 Å². The van der Waals surface area contributed by atoms with E-state index in [-0.39, 0.29) is 0 Å². The quantitative estimate of drug-likeness (QED) is 0.142. The summed E-state index contributed by atoms with van der Waals surface area (Å²) >= 11 is 0. The molecule has 0 aliphatic carbocycles. The SMILES string of the molecule is CC(NC(=O)C(N)CC(=O)O)C(=O)NC(CCC(=O)O)C(=O)NC(C(=O)O)C(C)O. The molecule has 30 heavy (non-hydrogen) atoms. The number of aliphatic hydroxyl groups is 1. The molecular weight excluding hydrogens is 408 g/mol. The summed E-state index contributed by atoms with van der Waals surface area (Å²) in [6.07, 6.45) is -3.11. The largest absolute Gasteiger partial charge is 0.481 e. The van der Waals surface area contributed by atoms with Crippen LogP contribution in [-0.4, -0.2) is 86.3 Å². The fourth-order valence-corrected chi connectivity index (χ4v) is 2.14. The van der Waals surface area contributed by atoms with Gasteiger partial charge >= 0.3 is 17.9 Å². The first-order valence-electron chi connectivity index (χ1n) is 8.77. The van der Waals surface area contributed by atoms with Crippen LogP contribution in [0.25, 0.3) is 0 Å². The molecule has 9 N–H and O–H groups in total. The Morgan fingerprint density at radius 1 is 0.833 bits per heavy atom. The number of carbonyl (C=O) groups excluding carboxylic acids is 3. The van der Waals surface area contributed by atoms with Gasteiger partial charge in [0.25, 0.3) is 0 Å². The van der Waals surface area contributed by atoms with Gasteiger partial charge in [-0.05, 0) is 20.3 Å². The number of hydrogen-bond acceptors (Lipinski definition) is 8. The highest BCUT2D eigenvalue weighted by molar-refractivity contribution is 5.94. The van der Waals surface area contributed by atoms with E-state index in [0.717, 1.165) is 6.92 Å². The first kappa shape index (κ1) is 26.7. The van der Waals surface area contributed by atoms with Crippen LogP contribution < -0.4 is 21.7 Å². The zero-order valence-electron chi connectivity index (χ0n) is 16.3. The van der Waals surface area contributed by atoms with Gasteiger partial charge in [-0.3, -0.25) is 24.0 Å². The number of rotatable bonds is 13. The van der Waals surface area contributed by atoms with E-state index >= 15 is 0 Å². The lowest BCUT2D eigenvalue weighted by atomic mass is 10.1. The lowest BCUT2D eigenvalue weighted by Crippen LogP contribution is -2.57. The molecule has 170 valence electrons. The highest BCUT2D eigenvalue weighted by atomic mass is 16.4. The third-order valence-corrected chi connectivity index (χ3v) is 3.81. The molecule has 5 unspecified atom stereocenters. The maximum Gasteiger partial charge on any atom is 0.328 e. The van der Waals surface area contributed by atoms with Crippen LogP contribution in [0.3, 0.4) is 0 Å². The van der Waals surface area contributed by atoms with Crippen molar-refractivity contribution in [2.45, 2.75) is 63.4 Å². The van der Waals surface area contributed by atoms with Crippen molar-refractivity contribution in [2.24, 2.45) is 5.73 Å². The predicted molar refractivity (Wildman–Crippen MR) is 97.9 cm³/mol. The molecule has 0 aromatic rings. The molecule has 0 fully saturated rings. The topological polar surface area (TPSA) is 245 Å². The lowest BCUT2D eigenvalue weighted by Gasteiger charge is -2.24. The molecule has 0 radical (unpaired) electrons. The van der Waals surface area contributed by atoms with Crippen LogP contribution in [0.15, 0.2) is 0 Å². The Hall–Kier alpha value is -3.26. The molecule has 0 heterocycles. The number of nitrogens with one attached hydrogen (secondary N) is 3. The van der Waals surface area contributed by atoms with E-state index in [0.29, 0.717) is 0 Å². The number of hydrogen-bond donors (Lipinski definition) is 8. The third-order valence-electron chi connectivity index (χ3n) is 3.81. The fourth-order valence-electron chi connectivity index (χ4n) is 2.14. The summed E-state index contributed by atoms with van der Waals surface area (Å²) in [6.45, 7) is 2.32. The number of aliphatic carboxylic acids is 3. The Morgan fingerprint density at radius 3 is 1.83 bits per heavy atom. The molecule has 0 saturated carbocycles. The predicted octanol–water partition coefficient (Wildman–Crippen LogP) is -3.41. The standard InChI is InChI=1S/C16H26N4O10/c1-6(18-14(27)8(17)5-11(24)25)13(26)19-9(3-4-10(22)23)15(28)20-12(7(2)21)16(29)30/h6-9,12,21H,3-5,17H2,1-2H3,(H,18,27)(H,19,26)(H,20,28)(H,22,23)(H,24,25)(H,29,30). The summed E-state index contributed by atoms with van der Waals surface area (Å²) in [7, 11) is 0. The van der Waals surface area contributed by atoms with Gasteiger partial charge in [0.2, 0.25) is 17.7 Å². The number of carbonyl (C=O) groups is 6. The summed E-state index contributed by atoms with van der Waals surface area (Å²) in [5, 5.41) is 42.2. The number of carboxylic acids is 3. The van der Waals surface area contributed by atoms with E-state index < -0.39 is 85.2 Å². The van der Waals surface area contributed by atoms with Crippen LogP contribution in [0.5, 0.6) is 0 Å². The normalized spacial score (nSPS) is 15.6. The van der Waals surface area contributed by atoms with Crippen molar-refractivity contribution in [1.82, 2.24) is 16.0 Å². The molecule has 0 rings (SSSR count). The van der Waals surface area contributed by atoms with Crippen molar-refractivity contribution in [3.63, 3.8) is 0 Å². The van der Waals surface area contributed by atoms with Crippen molar-refractivity contribution in [2.75, 3.05) is 0 Å². The van der Waals surface area contributed by atoms with Crippen molar-refractivity contribution < 1.29 is 49.2 Å². The van der Waals surface area contributed by atoms with Crippen LogP contribution in [0.4, 0.5) is 0 Å². The van der Waals surface area contributed by atoms with Crippen molar-refractivity contribution in [3.8, 4) is 0 Å². The van der Waals surface area contributed by atoms with Gasteiger partial charge in [0.05, 0.1) is 18.6 Å². The minimum absolute atomic E-state index is 0.405. The van der Waals surface area contributed by atoms with Crippen LogP contribution in [0.1, 0.15) is 33.1 Å². The van der Waals surface area contributed by atoms with E-state index in [1.807, 2.05) is 5.32 Å². The number of carboxylic acid groups (broad SMARTS) is 3. The van der Waals surface area contributed by atoms with E-state index in [9.17, 15) is 33.9 Å². The fraction of sp³-hybridized carbons (Fsp3) is 0.625. The van der Waals surface area contributed by atoms with Crippen LogP contribution in [-0.2, 0) is 28.8 Å². The second-order valence-electron chi connectivity index (χ2n) is 6.49. The van der Waals surface area contributed by atoms with Crippen molar-refractivity contribution >= 4 is 35.6 Å². The summed E-state index contributed by atoms with van der Waals surface area (Å²) < 4.78 is 0. The Balaban J connectivity index is 5.17. The molecule has 14 nitrogen and oxygen atoms in total. The molecule has 14 heteroatoms. The molecule has 0 saturated heterocycles. The number of amides is 3. The second-order valence-corrected chi connectivity index (χ2v) is 6.49. The van der Waals surface area contributed by atoms with Gasteiger partial charge in [-0.2, -0.15) is 0 Å². The molecule has 3 amide bonds. The van der Waals surface area contributed by atoms with Crippen LogP contribution >= 0.6 is 0 Å². The maximum atomic E-state index is 12.3. The van der Waals surface area contributed by atoms with E-state index in [4.69, 9.17) is 21.1 Å². The minimum atomic E-state index is -1.70. The molecule has 5 atom stereocenters. The van der Waals surface area contributed by atoms with Gasteiger partial charge in [0.15, 0.2) is 6.04 Å². The Morgan fingerprint density at radius 2 is 1.40 bits per heavy atom. The maximum absolute atomic E-state index is 12.3. The highest BCUT2D eigenvalue weighted by Crippen LogP contribution is 2.02. The average molecular weight is 434 g/mol. The third kappa shape index (κ3) is 9.79. The minimum Gasteiger partial charge on any atom is -0.481 e. The first-order valence-corrected chi connectivity index (χ1v) is 8.77. The van der Waals surface area contributed by atoms with Crippen LogP contribution in [0, 0.1) is 0 Å². The molecule has 0 spiro atoms. The Labute approximate surface area is 170 Å². The Kier molecular flexibility index (Phi) is 11.0. The van der Waals surface area contributed by atoms with Gasteiger partial charge in [0, 0.05) is 6.42 Å². The highest BCUT2D eigenvalue weighted by Gasteiger charge is 2.31. The lowest BCUT2D eigenvalue weighted by molar-refractivity contribution is -0.145. The monoisotopic (exact) mass is 434 g/mol. The van der Waals surface area contributed by atoms with Crippen molar-refractivity contribution in [3.05, 3.63) is 0 Å². The molecule has 0 aromatic heterocycles. The molecule has 0 aromatic carbocycles. The zero-order chi connectivity index (χ0) is 23.6. The van der Waals surface area contributed by atoms with E-state index in [1.165, 1.54) is 6.92 Å². The number of nitrogens with two attached hydrogens (primary N) is 1. The summed E-state index contributed by atoms with van der Waals surface area (Å²) in [5.74, 6) is -7.08. The summed E-state index contributed by atoms with van der Waals surface area (Å²) in [6, 6.07) is -5.88. The summed E-state index contributed by atoms with van der Waals surface area (Å²) in [5.41, 5.74) is 5.38. The zero-order valence-corrected chi connectivity index (χ0v) is 16.3. The average Bonchev–Trinajstić information content (AvgIpc) is 2.60. The van der Waals surface area contributed by atoms with Gasteiger partial charge in [-0.15, -0.1) is 0 Å². The number of aliphatic hydroxyl groups excluding tert-OH is 1. The van der Waals surface area contributed by atoms with E-state index in [2.05, 4.69) is 10.6 Å². The molecule has 0 bridgehead atoms. The molecule has 0 aliphatic rings. The molecule has 0 aliphatic heterocycles. The van der Waals surface area contributed by atoms with E-state index in [1.54, 1.807) is 0 Å². The summed E-state index contributed by atoms with van der Waals surface area (Å²) in [4.78, 5) is 68.8. The Bertz CT molecular complexity index is 681. The van der Waals surface area contributed by atoms with Crippen molar-refractivity contribution in [1.29, 1.82) is 0 Å².